The highest BCUT2D eigenvalue weighted by Gasteiger charge is 2.10. The molecule has 0 unspecified atom stereocenters. The summed E-state index contributed by atoms with van der Waals surface area (Å²) in [7, 11) is 3.13. The van der Waals surface area contributed by atoms with E-state index in [2.05, 4.69) is 21.2 Å². The molecule has 6 heteroatoms. The van der Waals surface area contributed by atoms with E-state index in [1.54, 1.807) is 44.6 Å². The topological polar surface area (TPSA) is 47.6 Å². The first-order valence-corrected chi connectivity index (χ1v) is 8.29. The summed E-state index contributed by atoms with van der Waals surface area (Å²) in [5, 5.41) is 3.42. The van der Waals surface area contributed by atoms with Crippen LogP contribution in [0.25, 0.3) is 6.08 Å². The molecule has 2 aromatic carbocycles. The van der Waals surface area contributed by atoms with Crippen LogP contribution in [-0.4, -0.2) is 20.1 Å². The molecule has 1 amide bonds. The summed E-state index contributed by atoms with van der Waals surface area (Å²) in [5.74, 6) is 0.942. The molecule has 0 saturated heterocycles. The van der Waals surface area contributed by atoms with Gasteiger partial charge in [0.1, 0.15) is 0 Å². The highest BCUT2D eigenvalue weighted by Crippen LogP contribution is 2.36. The Labute approximate surface area is 154 Å². The maximum Gasteiger partial charge on any atom is 0.248 e. The summed E-state index contributed by atoms with van der Waals surface area (Å²) in [6.45, 7) is 1.85. The van der Waals surface area contributed by atoms with Crippen molar-refractivity contribution >= 4 is 45.2 Å². The molecule has 0 heterocycles. The van der Waals surface area contributed by atoms with E-state index < -0.39 is 0 Å². The van der Waals surface area contributed by atoms with Crippen LogP contribution in [0.2, 0.25) is 5.02 Å². The van der Waals surface area contributed by atoms with Crippen molar-refractivity contribution in [3.05, 3.63) is 57.0 Å². The molecule has 0 atom stereocenters. The predicted molar refractivity (Wildman–Crippen MR) is 101 cm³/mol. The van der Waals surface area contributed by atoms with Crippen LogP contribution < -0.4 is 14.8 Å². The average molecular weight is 411 g/mol. The lowest BCUT2D eigenvalue weighted by Crippen LogP contribution is -2.09. The van der Waals surface area contributed by atoms with Gasteiger partial charge in [-0.3, -0.25) is 4.79 Å². The Morgan fingerprint density at radius 1 is 1.25 bits per heavy atom. The minimum absolute atomic E-state index is 0.244. The zero-order chi connectivity index (χ0) is 17.7. The van der Waals surface area contributed by atoms with E-state index in [1.165, 1.54) is 6.08 Å². The van der Waals surface area contributed by atoms with Gasteiger partial charge >= 0.3 is 0 Å². The summed E-state index contributed by atoms with van der Waals surface area (Å²) >= 11 is 9.47. The van der Waals surface area contributed by atoms with E-state index in [0.717, 1.165) is 15.6 Å². The molecule has 1 N–H and O–H groups in total. The fraction of sp³-hybridized carbons (Fsp3) is 0.167. The van der Waals surface area contributed by atoms with Crippen LogP contribution in [0, 0.1) is 6.92 Å². The van der Waals surface area contributed by atoms with Crippen molar-refractivity contribution in [2.45, 2.75) is 6.92 Å². The van der Waals surface area contributed by atoms with Gasteiger partial charge < -0.3 is 14.8 Å². The third-order valence-corrected chi connectivity index (χ3v) is 4.41. The van der Waals surface area contributed by atoms with Gasteiger partial charge in [-0.2, -0.15) is 0 Å². The van der Waals surface area contributed by atoms with Crippen LogP contribution in [0.4, 0.5) is 5.69 Å². The monoisotopic (exact) mass is 409 g/mol. The molecule has 0 radical (unpaired) electrons. The number of amides is 1. The number of hydrogen-bond acceptors (Lipinski definition) is 3. The standard InChI is InChI=1S/C18H17BrClNO3/c1-11-14(20)5-4-6-15(11)21-17(22)8-7-12-9-13(19)18(24-3)16(10-12)23-2/h4-10H,1-3H3,(H,21,22)/b8-7+. The van der Waals surface area contributed by atoms with Gasteiger partial charge in [-0.25, -0.2) is 0 Å². The van der Waals surface area contributed by atoms with Crippen LogP contribution in [0.5, 0.6) is 11.5 Å². The fourth-order valence-electron chi connectivity index (χ4n) is 2.12. The minimum Gasteiger partial charge on any atom is -0.493 e. The van der Waals surface area contributed by atoms with E-state index in [-0.39, 0.29) is 5.91 Å². The highest BCUT2D eigenvalue weighted by molar-refractivity contribution is 9.10. The fourth-order valence-corrected chi connectivity index (χ4v) is 2.92. The van der Waals surface area contributed by atoms with Crippen molar-refractivity contribution in [1.82, 2.24) is 0 Å². The molecule has 24 heavy (non-hydrogen) atoms. The molecule has 0 bridgehead atoms. The Hall–Kier alpha value is -1.98. The summed E-state index contributed by atoms with van der Waals surface area (Å²) in [5.41, 5.74) is 2.32. The number of carbonyl (C=O) groups is 1. The van der Waals surface area contributed by atoms with Gasteiger partial charge in [-0.05, 0) is 64.3 Å². The van der Waals surface area contributed by atoms with Crippen molar-refractivity contribution in [3.63, 3.8) is 0 Å². The second-order valence-electron chi connectivity index (χ2n) is 4.97. The van der Waals surface area contributed by atoms with Crippen LogP contribution in [0.15, 0.2) is 40.9 Å². The lowest BCUT2D eigenvalue weighted by atomic mass is 10.1. The lowest BCUT2D eigenvalue weighted by Gasteiger charge is -2.10. The van der Waals surface area contributed by atoms with E-state index in [4.69, 9.17) is 21.1 Å². The van der Waals surface area contributed by atoms with Gasteiger partial charge in [0.05, 0.1) is 18.7 Å². The normalized spacial score (nSPS) is 10.7. The molecular weight excluding hydrogens is 394 g/mol. The van der Waals surface area contributed by atoms with Gasteiger partial charge in [0.2, 0.25) is 5.91 Å². The largest absolute Gasteiger partial charge is 0.493 e. The molecular formula is C18H17BrClNO3. The third-order valence-electron chi connectivity index (χ3n) is 3.41. The molecule has 0 aliphatic carbocycles. The van der Waals surface area contributed by atoms with Crippen molar-refractivity contribution in [1.29, 1.82) is 0 Å². The summed E-state index contributed by atoms with van der Waals surface area (Å²) in [6.07, 6.45) is 3.15. The summed E-state index contributed by atoms with van der Waals surface area (Å²) in [6, 6.07) is 9.01. The average Bonchev–Trinajstić information content (AvgIpc) is 2.56. The second-order valence-corrected chi connectivity index (χ2v) is 6.23. The molecule has 0 spiro atoms. The van der Waals surface area contributed by atoms with E-state index in [0.29, 0.717) is 22.2 Å². The van der Waals surface area contributed by atoms with Gasteiger partial charge in [-0.15, -0.1) is 0 Å². The van der Waals surface area contributed by atoms with Crippen LogP contribution in [-0.2, 0) is 4.79 Å². The van der Waals surface area contributed by atoms with Crippen LogP contribution in [0.3, 0.4) is 0 Å². The first-order chi connectivity index (χ1) is 11.5. The van der Waals surface area contributed by atoms with Crippen molar-refractivity contribution in [3.8, 4) is 11.5 Å². The number of rotatable bonds is 5. The Morgan fingerprint density at radius 3 is 2.67 bits per heavy atom. The molecule has 0 fully saturated rings. The van der Waals surface area contributed by atoms with Crippen molar-refractivity contribution in [2.24, 2.45) is 0 Å². The summed E-state index contributed by atoms with van der Waals surface area (Å²) in [4.78, 5) is 12.1. The van der Waals surface area contributed by atoms with E-state index in [1.807, 2.05) is 13.0 Å². The third kappa shape index (κ3) is 4.30. The second kappa shape index (κ2) is 8.22. The number of hydrogen-bond donors (Lipinski definition) is 1. The Balaban J connectivity index is 2.17. The summed E-state index contributed by atoms with van der Waals surface area (Å²) < 4.78 is 11.3. The number of nitrogens with one attached hydrogen (secondary N) is 1. The number of carbonyl (C=O) groups excluding carboxylic acids is 1. The highest BCUT2D eigenvalue weighted by atomic mass is 79.9. The SMILES string of the molecule is COc1cc(/C=C/C(=O)Nc2cccc(Cl)c2C)cc(Br)c1OC. The molecule has 4 nitrogen and oxygen atoms in total. The van der Waals surface area contributed by atoms with Gasteiger partial charge in [0, 0.05) is 16.8 Å². The molecule has 0 aliphatic rings. The lowest BCUT2D eigenvalue weighted by molar-refractivity contribution is -0.111. The van der Waals surface area contributed by atoms with E-state index in [9.17, 15) is 4.79 Å². The Bertz CT molecular complexity index is 790. The number of benzene rings is 2. The number of anilines is 1. The quantitative estimate of drug-likeness (QED) is 0.699. The maximum absolute atomic E-state index is 12.1. The van der Waals surface area contributed by atoms with Gasteiger partial charge in [-0.1, -0.05) is 17.7 Å². The molecule has 126 valence electrons. The molecule has 0 aliphatic heterocycles. The van der Waals surface area contributed by atoms with E-state index >= 15 is 0 Å². The molecule has 0 aromatic heterocycles. The molecule has 2 aromatic rings. The number of methoxy groups -OCH3 is 2. The molecule has 0 saturated carbocycles. The number of ether oxygens (including phenoxy) is 2. The van der Waals surface area contributed by atoms with Gasteiger partial charge in [0.25, 0.3) is 0 Å². The first-order valence-electron chi connectivity index (χ1n) is 7.12. The van der Waals surface area contributed by atoms with Crippen LogP contribution in [0.1, 0.15) is 11.1 Å². The first kappa shape index (κ1) is 18.4. The minimum atomic E-state index is -0.244. The number of halogens is 2. The Kier molecular flexibility index (Phi) is 6.29. The zero-order valence-electron chi connectivity index (χ0n) is 13.5. The zero-order valence-corrected chi connectivity index (χ0v) is 15.9. The Morgan fingerprint density at radius 2 is 2.00 bits per heavy atom. The maximum atomic E-state index is 12.1. The van der Waals surface area contributed by atoms with Crippen LogP contribution >= 0.6 is 27.5 Å². The molecule has 2 rings (SSSR count). The van der Waals surface area contributed by atoms with Crippen molar-refractivity contribution < 1.29 is 14.3 Å². The van der Waals surface area contributed by atoms with Gasteiger partial charge in [0.15, 0.2) is 11.5 Å². The predicted octanol–water partition coefficient (Wildman–Crippen LogP) is 5.08. The van der Waals surface area contributed by atoms with Crippen molar-refractivity contribution in [2.75, 3.05) is 19.5 Å². The smallest absolute Gasteiger partial charge is 0.248 e.